The van der Waals surface area contributed by atoms with Crippen LogP contribution in [-0.2, 0) is 4.79 Å². The molecule has 68 valence electrons. The lowest BCUT2D eigenvalue weighted by Crippen LogP contribution is -2.43. The zero-order chi connectivity index (χ0) is 8.39. The lowest BCUT2D eigenvalue weighted by molar-refractivity contribution is -0.120. The Morgan fingerprint density at radius 1 is 1.00 bits per heavy atom. The van der Waals surface area contributed by atoms with Gasteiger partial charge in [-0.15, -0.1) is 0 Å². The van der Waals surface area contributed by atoms with Gasteiger partial charge in [-0.05, 0) is 25.7 Å². The minimum absolute atomic E-state index is 0.460. The second-order valence-electron chi connectivity index (χ2n) is 4.11. The van der Waals surface area contributed by atoms with E-state index in [4.69, 9.17) is 0 Å². The summed E-state index contributed by atoms with van der Waals surface area (Å²) in [6.45, 7) is 0. The van der Waals surface area contributed by atoms with Crippen LogP contribution in [0.3, 0.4) is 0 Å². The summed E-state index contributed by atoms with van der Waals surface area (Å²) in [4.78, 5) is 11.0. The van der Waals surface area contributed by atoms with Gasteiger partial charge in [0.15, 0.2) is 0 Å². The first-order chi connectivity index (χ1) is 5.84. The van der Waals surface area contributed by atoms with Crippen LogP contribution in [0.25, 0.3) is 0 Å². The van der Waals surface area contributed by atoms with Gasteiger partial charge in [0.1, 0.15) is 5.78 Å². The summed E-state index contributed by atoms with van der Waals surface area (Å²) >= 11 is 0. The van der Waals surface area contributed by atoms with E-state index >= 15 is 0 Å². The maximum absolute atomic E-state index is 11.0. The molecule has 0 spiro atoms. The fraction of sp³-hybridized carbons (Fsp3) is 0.900. The summed E-state index contributed by atoms with van der Waals surface area (Å²) in [5.74, 6) is 0.460. The van der Waals surface area contributed by atoms with Crippen LogP contribution in [0.2, 0.25) is 0 Å². The Kier molecular flexibility index (Phi) is 2.45. The van der Waals surface area contributed by atoms with Crippen LogP contribution in [0.15, 0.2) is 0 Å². The molecular weight excluding hydrogens is 150 g/mol. The van der Waals surface area contributed by atoms with E-state index < -0.39 is 0 Å². The van der Waals surface area contributed by atoms with Gasteiger partial charge >= 0.3 is 0 Å². The summed E-state index contributed by atoms with van der Waals surface area (Å²) in [5, 5.41) is 3.62. The molecule has 2 fully saturated rings. The number of carbonyl (C=O) groups excluding carboxylic acids is 1. The largest absolute Gasteiger partial charge is 0.311 e. The van der Waals surface area contributed by atoms with Gasteiger partial charge in [-0.25, -0.2) is 0 Å². The number of hydrogen-bond acceptors (Lipinski definition) is 2. The number of Topliss-reactive ketones (excluding diaryl/α,β-unsaturated/α-hetero) is 1. The first-order valence-corrected chi connectivity index (χ1v) is 5.12. The first-order valence-electron chi connectivity index (χ1n) is 5.12. The van der Waals surface area contributed by atoms with E-state index in [1.807, 2.05) is 0 Å². The van der Waals surface area contributed by atoms with Crippen LogP contribution in [0, 0.1) is 0 Å². The molecule has 0 aliphatic heterocycles. The van der Waals surface area contributed by atoms with Gasteiger partial charge in [0.25, 0.3) is 0 Å². The number of nitrogens with one attached hydrogen (secondary N) is 1. The topological polar surface area (TPSA) is 29.1 Å². The number of hydrogen-bond donors (Lipinski definition) is 1. The highest BCUT2D eigenvalue weighted by atomic mass is 16.1. The van der Waals surface area contributed by atoms with Crippen molar-refractivity contribution in [3.05, 3.63) is 0 Å². The molecule has 0 unspecified atom stereocenters. The van der Waals surface area contributed by atoms with Crippen molar-refractivity contribution in [3.63, 3.8) is 0 Å². The molecule has 1 N–H and O–H groups in total. The van der Waals surface area contributed by atoms with Crippen molar-refractivity contribution < 1.29 is 4.79 Å². The molecule has 0 atom stereocenters. The predicted octanol–water partition coefficient (Wildman–Crippen LogP) is 1.64. The highest BCUT2D eigenvalue weighted by Gasteiger charge is 2.24. The van der Waals surface area contributed by atoms with E-state index in [1.165, 1.54) is 19.3 Å². The normalized spacial score (nSPS) is 27.2. The minimum atomic E-state index is 0.460. The van der Waals surface area contributed by atoms with Crippen molar-refractivity contribution in [1.82, 2.24) is 5.32 Å². The van der Waals surface area contributed by atoms with Crippen LogP contribution in [0.5, 0.6) is 0 Å². The Labute approximate surface area is 73.7 Å². The van der Waals surface area contributed by atoms with Gasteiger partial charge in [-0.2, -0.15) is 0 Å². The van der Waals surface area contributed by atoms with Crippen LogP contribution in [0.1, 0.15) is 44.9 Å². The Morgan fingerprint density at radius 2 is 1.58 bits per heavy atom. The third-order valence-electron chi connectivity index (χ3n) is 3.12. The smallest absolute Gasteiger partial charge is 0.133 e. The lowest BCUT2D eigenvalue weighted by Gasteiger charge is -2.33. The van der Waals surface area contributed by atoms with Crippen LogP contribution in [-0.4, -0.2) is 17.9 Å². The lowest BCUT2D eigenvalue weighted by atomic mass is 9.88. The van der Waals surface area contributed by atoms with E-state index in [1.54, 1.807) is 0 Å². The molecule has 12 heavy (non-hydrogen) atoms. The maximum atomic E-state index is 11.0. The Balaban J connectivity index is 1.70. The quantitative estimate of drug-likeness (QED) is 0.677. The summed E-state index contributed by atoms with van der Waals surface area (Å²) in [5.41, 5.74) is 0. The highest BCUT2D eigenvalue weighted by Crippen LogP contribution is 2.22. The Bertz CT molecular complexity index is 165. The molecule has 2 rings (SSSR count). The third kappa shape index (κ3) is 1.86. The van der Waals surface area contributed by atoms with Gasteiger partial charge < -0.3 is 5.32 Å². The average molecular weight is 167 g/mol. The number of carbonyl (C=O) groups is 1. The molecule has 0 bridgehead atoms. The van der Waals surface area contributed by atoms with Crippen molar-refractivity contribution in [2.24, 2.45) is 0 Å². The fourth-order valence-electron chi connectivity index (χ4n) is 2.01. The molecule has 0 aromatic heterocycles. The fourth-order valence-corrected chi connectivity index (χ4v) is 2.01. The Hall–Kier alpha value is -0.370. The second kappa shape index (κ2) is 3.56. The van der Waals surface area contributed by atoms with Crippen molar-refractivity contribution in [3.8, 4) is 0 Å². The molecule has 2 nitrogen and oxygen atoms in total. The van der Waals surface area contributed by atoms with Crippen molar-refractivity contribution in [2.45, 2.75) is 57.0 Å². The molecule has 2 aliphatic rings. The molecule has 0 aromatic rings. The third-order valence-corrected chi connectivity index (χ3v) is 3.12. The van der Waals surface area contributed by atoms with Crippen LogP contribution in [0.4, 0.5) is 0 Å². The molecular formula is C10H17NO. The van der Waals surface area contributed by atoms with Crippen LogP contribution < -0.4 is 5.32 Å². The summed E-state index contributed by atoms with van der Waals surface area (Å²) in [6.07, 6.45) is 7.87. The Morgan fingerprint density at radius 3 is 2.08 bits per heavy atom. The van der Waals surface area contributed by atoms with Gasteiger partial charge in [-0.3, -0.25) is 4.79 Å². The number of ketones is 1. The molecule has 2 saturated carbocycles. The van der Waals surface area contributed by atoms with Gasteiger partial charge in [0.05, 0.1) is 0 Å². The molecule has 2 heteroatoms. The number of rotatable bonds is 2. The molecule has 0 saturated heterocycles. The minimum Gasteiger partial charge on any atom is -0.311 e. The van der Waals surface area contributed by atoms with Crippen molar-refractivity contribution in [2.75, 3.05) is 0 Å². The second-order valence-corrected chi connectivity index (χ2v) is 4.11. The average Bonchev–Trinajstić information content (AvgIpc) is 2.00. The molecule has 0 aromatic carbocycles. The molecule has 2 aliphatic carbocycles. The molecule has 0 amide bonds. The van der Waals surface area contributed by atoms with E-state index in [2.05, 4.69) is 5.32 Å². The van der Waals surface area contributed by atoms with E-state index in [-0.39, 0.29) is 0 Å². The van der Waals surface area contributed by atoms with E-state index in [0.717, 1.165) is 31.7 Å². The van der Waals surface area contributed by atoms with Crippen molar-refractivity contribution >= 4 is 5.78 Å². The highest BCUT2D eigenvalue weighted by molar-refractivity contribution is 5.79. The summed E-state index contributed by atoms with van der Waals surface area (Å²) in [7, 11) is 0. The first kappa shape index (κ1) is 8.24. The zero-order valence-corrected chi connectivity index (χ0v) is 7.51. The summed E-state index contributed by atoms with van der Waals surface area (Å²) in [6, 6.07) is 1.43. The van der Waals surface area contributed by atoms with Crippen LogP contribution >= 0.6 is 0 Å². The standard InChI is InChI=1S/C10H17NO/c12-10-6-4-9(5-7-10)11-8-2-1-3-8/h8-9,11H,1-7H2. The van der Waals surface area contributed by atoms with Crippen molar-refractivity contribution in [1.29, 1.82) is 0 Å². The van der Waals surface area contributed by atoms with E-state index in [0.29, 0.717) is 11.8 Å². The van der Waals surface area contributed by atoms with Gasteiger partial charge in [-0.1, -0.05) is 6.42 Å². The van der Waals surface area contributed by atoms with Gasteiger partial charge in [0.2, 0.25) is 0 Å². The molecule has 0 heterocycles. The van der Waals surface area contributed by atoms with Gasteiger partial charge in [0, 0.05) is 24.9 Å². The SMILES string of the molecule is O=C1CCC(NC2CCC2)CC1. The summed E-state index contributed by atoms with van der Waals surface area (Å²) < 4.78 is 0. The predicted molar refractivity (Wildman–Crippen MR) is 48.0 cm³/mol. The monoisotopic (exact) mass is 167 g/mol. The zero-order valence-electron chi connectivity index (χ0n) is 7.51. The molecule has 0 radical (unpaired) electrons. The van der Waals surface area contributed by atoms with E-state index in [9.17, 15) is 4.79 Å². The maximum Gasteiger partial charge on any atom is 0.133 e.